The highest BCUT2D eigenvalue weighted by atomic mass is 35.5. The summed E-state index contributed by atoms with van der Waals surface area (Å²) >= 11 is 5.67. The van der Waals surface area contributed by atoms with Gasteiger partial charge in [-0.2, -0.15) is 0 Å². The summed E-state index contributed by atoms with van der Waals surface area (Å²) in [6, 6.07) is 9.83. The summed E-state index contributed by atoms with van der Waals surface area (Å²) in [5.74, 6) is -1.44. The topological polar surface area (TPSA) is 84.2 Å². The van der Waals surface area contributed by atoms with Gasteiger partial charge in [-0.25, -0.2) is 4.39 Å². The number of carbonyl (C=O) groups excluding carboxylic acids is 2. The maximum Gasteiger partial charge on any atom is 0.248 e. The van der Waals surface area contributed by atoms with E-state index < -0.39 is 17.8 Å². The van der Waals surface area contributed by atoms with Crippen LogP contribution in [0.5, 0.6) is 0 Å². The molecule has 0 saturated carbocycles. The highest BCUT2D eigenvalue weighted by molar-refractivity contribution is 6.31. The van der Waals surface area contributed by atoms with Crippen molar-refractivity contribution in [3.63, 3.8) is 0 Å². The number of nitrogens with two attached hydrogens (primary N) is 1. The van der Waals surface area contributed by atoms with Crippen LogP contribution in [0.25, 0.3) is 0 Å². The van der Waals surface area contributed by atoms with Crippen molar-refractivity contribution in [2.75, 3.05) is 10.6 Å². The molecule has 0 aliphatic carbocycles. The molecule has 0 spiro atoms. The van der Waals surface area contributed by atoms with Crippen LogP contribution >= 0.6 is 11.6 Å². The van der Waals surface area contributed by atoms with E-state index in [0.29, 0.717) is 16.9 Å². The lowest BCUT2D eigenvalue weighted by Crippen LogP contribution is -2.32. The van der Waals surface area contributed by atoms with E-state index in [1.54, 1.807) is 31.2 Å². The molecule has 0 aliphatic rings. The lowest BCUT2D eigenvalue weighted by Gasteiger charge is -2.16. The summed E-state index contributed by atoms with van der Waals surface area (Å²) in [5.41, 5.74) is 6.53. The van der Waals surface area contributed by atoms with E-state index in [-0.39, 0.29) is 10.9 Å². The van der Waals surface area contributed by atoms with Crippen LogP contribution < -0.4 is 16.4 Å². The smallest absolute Gasteiger partial charge is 0.248 e. The Morgan fingerprint density at radius 2 is 1.91 bits per heavy atom. The summed E-state index contributed by atoms with van der Waals surface area (Å²) in [4.78, 5) is 23.3. The van der Waals surface area contributed by atoms with Crippen LogP contribution in [0.15, 0.2) is 42.5 Å². The fourth-order valence-electron chi connectivity index (χ4n) is 1.90. The number of rotatable bonds is 5. The third-order valence-corrected chi connectivity index (χ3v) is 3.40. The number of benzene rings is 2. The van der Waals surface area contributed by atoms with Gasteiger partial charge in [0.25, 0.3) is 0 Å². The largest absolute Gasteiger partial charge is 0.374 e. The Morgan fingerprint density at radius 3 is 2.57 bits per heavy atom. The second kappa shape index (κ2) is 7.11. The summed E-state index contributed by atoms with van der Waals surface area (Å²) in [6.07, 6.45) is 0. The number of amides is 2. The third-order valence-electron chi connectivity index (χ3n) is 3.11. The predicted molar refractivity (Wildman–Crippen MR) is 88.1 cm³/mol. The summed E-state index contributed by atoms with van der Waals surface area (Å²) < 4.78 is 13.1. The molecule has 0 saturated heterocycles. The van der Waals surface area contributed by atoms with Gasteiger partial charge in [0.2, 0.25) is 11.8 Å². The molecule has 2 rings (SSSR count). The van der Waals surface area contributed by atoms with E-state index in [0.717, 1.165) is 0 Å². The molecule has 0 bridgehead atoms. The molecule has 0 aliphatic heterocycles. The van der Waals surface area contributed by atoms with E-state index >= 15 is 0 Å². The Morgan fingerprint density at radius 1 is 1.17 bits per heavy atom. The lowest BCUT2D eigenvalue weighted by molar-refractivity contribution is -0.116. The standard InChI is InChI=1S/C16H15ClFN3O2/c1-9(20-11-4-2-3-10(7-11)15(19)22)16(23)21-12-5-6-14(18)13(17)8-12/h2-9,20H,1H3,(H2,19,22)(H,21,23). The molecule has 2 aromatic rings. The van der Waals surface area contributed by atoms with Gasteiger partial charge in [-0.05, 0) is 43.3 Å². The number of hydrogen-bond donors (Lipinski definition) is 3. The molecule has 0 heterocycles. The van der Waals surface area contributed by atoms with Crippen molar-refractivity contribution in [1.29, 1.82) is 0 Å². The molecule has 0 radical (unpaired) electrons. The van der Waals surface area contributed by atoms with Crippen molar-refractivity contribution in [2.45, 2.75) is 13.0 Å². The molecule has 23 heavy (non-hydrogen) atoms. The third kappa shape index (κ3) is 4.43. The van der Waals surface area contributed by atoms with Crippen LogP contribution in [-0.2, 0) is 4.79 Å². The number of carbonyl (C=O) groups is 2. The first-order chi connectivity index (χ1) is 10.9. The van der Waals surface area contributed by atoms with Crippen molar-refractivity contribution in [2.24, 2.45) is 5.73 Å². The molecule has 2 aromatic carbocycles. The number of hydrogen-bond acceptors (Lipinski definition) is 3. The van der Waals surface area contributed by atoms with Crippen LogP contribution in [0.3, 0.4) is 0 Å². The highest BCUT2D eigenvalue weighted by Gasteiger charge is 2.14. The van der Waals surface area contributed by atoms with Gasteiger partial charge in [0.1, 0.15) is 11.9 Å². The molecule has 0 aromatic heterocycles. The number of halogens is 2. The van der Waals surface area contributed by atoms with E-state index in [1.165, 1.54) is 18.2 Å². The average molecular weight is 336 g/mol. The molecule has 7 heteroatoms. The fraction of sp³-hybridized carbons (Fsp3) is 0.125. The first-order valence-electron chi connectivity index (χ1n) is 6.79. The second-order valence-electron chi connectivity index (χ2n) is 4.93. The summed E-state index contributed by atoms with van der Waals surface area (Å²) in [6.45, 7) is 1.65. The molecule has 120 valence electrons. The van der Waals surface area contributed by atoms with Gasteiger partial charge in [-0.15, -0.1) is 0 Å². The van der Waals surface area contributed by atoms with E-state index in [4.69, 9.17) is 17.3 Å². The van der Waals surface area contributed by atoms with Gasteiger partial charge in [0.05, 0.1) is 5.02 Å². The lowest BCUT2D eigenvalue weighted by atomic mass is 10.1. The Kier molecular flexibility index (Phi) is 5.18. The zero-order valence-corrected chi connectivity index (χ0v) is 13.0. The van der Waals surface area contributed by atoms with Crippen LogP contribution in [0.4, 0.5) is 15.8 Å². The van der Waals surface area contributed by atoms with E-state index in [1.807, 2.05) is 0 Å². The number of primary amides is 1. The number of anilines is 2. The first kappa shape index (κ1) is 16.8. The normalized spacial score (nSPS) is 11.6. The highest BCUT2D eigenvalue weighted by Crippen LogP contribution is 2.20. The van der Waals surface area contributed by atoms with Gasteiger partial charge < -0.3 is 16.4 Å². The predicted octanol–water partition coefficient (Wildman–Crippen LogP) is 3.02. The SMILES string of the molecule is CC(Nc1cccc(C(N)=O)c1)C(=O)Nc1ccc(F)c(Cl)c1. The van der Waals surface area contributed by atoms with Crippen molar-refractivity contribution in [3.05, 3.63) is 58.9 Å². The van der Waals surface area contributed by atoms with Gasteiger partial charge in [0, 0.05) is 16.9 Å². The van der Waals surface area contributed by atoms with Crippen molar-refractivity contribution < 1.29 is 14.0 Å². The van der Waals surface area contributed by atoms with Crippen LogP contribution in [-0.4, -0.2) is 17.9 Å². The zero-order valence-electron chi connectivity index (χ0n) is 12.3. The average Bonchev–Trinajstić information content (AvgIpc) is 2.51. The molecule has 1 atom stereocenters. The van der Waals surface area contributed by atoms with Crippen molar-refractivity contribution in [1.82, 2.24) is 0 Å². The molecule has 5 nitrogen and oxygen atoms in total. The quantitative estimate of drug-likeness (QED) is 0.785. The van der Waals surface area contributed by atoms with E-state index in [2.05, 4.69) is 10.6 Å². The molecule has 4 N–H and O–H groups in total. The second-order valence-corrected chi connectivity index (χ2v) is 5.34. The maximum atomic E-state index is 13.1. The maximum absolute atomic E-state index is 13.1. The van der Waals surface area contributed by atoms with Crippen LogP contribution in [0.2, 0.25) is 5.02 Å². The van der Waals surface area contributed by atoms with Crippen LogP contribution in [0, 0.1) is 5.82 Å². The Bertz CT molecular complexity index is 752. The van der Waals surface area contributed by atoms with Gasteiger partial charge in [-0.3, -0.25) is 9.59 Å². The van der Waals surface area contributed by atoms with Crippen molar-refractivity contribution >= 4 is 34.8 Å². The van der Waals surface area contributed by atoms with Gasteiger partial charge in [-0.1, -0.05) is 17.7 Å². The minimum atomic E-state index is -0.595. The summed E-state index contributed by atoms with van der Waals surface area (Å²) in [5, 5.41) is 5.51. The fourth-order valence-corrected chi connectivity index (χ4v) is 2.08. The van der Waals surface area contributed by atoms with E-state index in [9.17, 15) is 14.0 Å². The Labute approximate surface area is 137 Å². The zero-order chi connectivity index (χ0) is 17.0. The molecule has 2 amide bonds. The van der Waals surface area contributed by atoms with Crippen molar-refractivity contribution in [3.8, 4) is 0 Å². The Hall–Kier alpha value is -2.60. The summed E-state index contributed by atoms with van der Waals surface area (Å²) in [7, 11) is 0. The molecule has 1 unspecified atom stereocenters. The van der Waals surface area contributed by atoms with Gasteiger partial charge in [0.15, 0.2) is 0 Å². The number of nitrogens with one attached hydrogen (secondary N) is 2. The molecular weight excluding hydrogens is 321 g/mol. The Balaban J connectivity index is 2.03. The molecular formula is C16H15ClFN3O2. The minimum absolute atomic E-state index is 0.0717. The minimum Gasteiger partial charge on any atom is -0.374 e. The molecule has 0 fully saturated rings. The monoisotopic (exact) mass is 335 g/mol. The van der Waals surface area contributed by atoms with Gasteiger partial charge >= 0.3 is 0 Å². The first-order valence-corrected chi connectivity index (χ1v) is 7.17. The van der Waals surface area contributed by atoms with Crippen LogP contribution in [0.1, 0.15) is 17.3 Å².